The molecule has 2 heteroatoms. The number of ketones is 1. The van der Waals surface area contributed by atoms with Crippen LogP contribution in [0.25, 0.3) is 0 Å². The topological polar surface area (TPSA) is 29.1 Å². The SMILES string of the molecule is CC(CNCc1ccccc1)C(=O)c1ccccc1. The Bertz CT molecular complexity index is 507. The Kier molecular flexibility index (Phi) is 4.87. The van der Waals surface area contributed by atoms with Gasteiger partial charge in [-0.2, -0.15) is 0 Å². The van der Waals surface area contributed by atoms with Crippen LogP contribution in [0, 0.1) is 5.92 Å². The molecule has 0 spiro atoms. The van der Waals surface area contributed by atoms with E-state index in [1.54, 1.807) is 0 Å². The molecule has 2 aromatic carbocycles. The lowest BCUT2D eigenvalue weighted by atomic mass is 9.99. The summed E-state index contributed by atoms with van der Waals surface area (Å²) >= 11 is 0. The largest absolute Gasteiger partial charge is 0.312 e. The van der Waals surface area contributed by atoms with Crippen molar-refractivity contribution >= 4 is 5.78 Å². The quantitative estimate of drug-likeness (QED) is 0.800. The number of carbonyl (C=O) groups is 1. The Balaban J connectivity index is 1.82. The summed E-state index contributed by atoms with van der Waals surface area (Å²) in [5, 5.41) is 3.33. The monoisotopic (exact) mass is 253 g/mol. The van der Waals surface area contributed by atoms with Gasteiger partial charge in [-0.15, -0.1) is 0 Å². The molecule has 0 amide bonds. The highest BCUT2D eigenvalue weighted by Gasteiger charge is 2.13. The van der Waals surface area contributed by atoms with Crippen molar-refractivity contribution in [3.05, 3.63) is 71.8 Å². The third-order valence-corrected chi connectivity index (χ3v) is 3.13. The van der Waals surface area contributed by atoms with E-state index in [0.717, 1.165) is 12.1 Å². The van der Waals surface area contributed by atoms with Crippen LogP contribution in [-0.4, -0.2) is 12.3 Å². The van der Waals surface area contributed by atoms with E-state index in [4.69, 9.17) is 0 Å². The number of rotatable bonds is 6. The fourth-order valence-electron chi connectivity index (χ4n) is 2.01. The lowest BCUT2D eigenvalue weighted by Crippen LogP contribution is -2.26. The van der Waals surface area contributed by atoms with Gasteiger partial charge in [0.25, 0.3) is 0 Å². The van der Waals surface area contributed by atoms with Crippen LogP contribution in [0.1, 0.15) is 22.8 Å². The van der Waals surface area contributed by atoms with Gasteiger partial charge in [-0.1, -0.05) is 67.6 Å². The van der Waals surface area contributed by atoms with Crippen LogP contribution in [-0.2, 0) is 6.54 Å². The van der Waals surface area contributed by atoms with E-state index in [0.29, 0.717) is 6.54 Å². The van der Waals surface area contributed by atoms with Crippen molar-refractivity contribution < 1.29 is 4.79 Å². The molecule has 0 aliphatic carbocycles. The second-order valence-electron chi connectivity index (χ2n) is 4.75. The van der Waals surface area contributed by atoms with Crippen LogP contribution in [0.15, 0.2) is 60.7 Å². The molecule has 0 bridgehead atoms. The Morgan fingerprint density at radius 3 is 2.21 bits per heavy atom. The summed E-state index contributed by atoms with van der Waals surface area (Å²) in [4.78, 5) is 12.1. The summed E-state index contributed by atoms with van der Waals surface area (Å²) < 4.78 is 0. The molecular weight excluding hydrogens is 234 g/mol. The summed E-state index contributed by atoms with van der Waals surface area (Å²) in [6, 6.07) is 19.7. The average Bonchev–Trinajstić information content (AvgIpc) is 2.48. The molecule has 0 aliphatic rings. The molecule has 1 unspecified atom stereocenters. The normalized spacial score (nSPS) is 12.1. The van der Waals surface area contributed by atoms with Gasteiger partial charge in [-0.25, -0.2) is 0 Å². The van der Waals surface area contributed by atoms with E-state index in [1.807, 2.05) is 55.5 Å². The van der Waals surface area contributed by atoms with E-state index in [1.165, 1.54) is 5.56 Å². The molecular formula is C17H19NO. The second-order valence-corrected chi connectivity index (χ2v) is 4.75. The van der Waals surface area contributed by atoms with Gasteiger partial charge < -0.3 is 5.32 Å². The minimum absolute atomic E-state index is 0.00823. The number of carbonyl (C=O) groups excluding carboxylic acids is 1. The third kappa shape index (κ3) is 4.04. The fourth-order valence-corrected chi connectivity index (χ4v) is 2.01. The predicted octanol–water partition coefficient (Wildman–Crippen LogP) is 3.30. The van der Waals surface area contributed by atoms with Gasteiger partial charge in [-0.3, -0.25) is 4.79 Å². The molecule has 0 fully saturated rings. The maximum absolute atomic E-state index is 12.1. The van der Waals surface area contributed by atoms with E-state index in [2.05, 4.69) is 17.4 Å². The van der Waals surface area contributed by atoms with Gasteiger partial charge >= 0.3 is 0 Å². The molecule has 1 N–H and O–H groups in total. The number of hydrogen-bond donors (Lipinski definition) is 1. The van der Waals surface area contributed by atoms with Crippen molar-refractivity contribution in [2.24, 2.45) is 5.92 Å². The minimum atomic E-state index is -0.00823. The molecule has 2 nitrogen and oxygen atoms in total. The van der Waals surface area contributed by atoms with Crippen molar-refractivity contribution in [2.75, 3.05) is 6.54 Å². The summed E-state index contributed by atoms with van der Waals surface area (Å²) in [7, 11) is 0. The Labute approximate surface area is 114 Å². The van der Waals surface area contributed by atoms with Crippen LogP contribution in [0.2, 0.25) is 0 Å². The molecule has 0 saturated carbocycles. The number of hydrogen-bond acceptors (Lipinski definition) is 2. The highest BCUT2D eigenvalue weighted by Crippen LogP contribution is 2.08. The molecule has 0 radical (unpaired) electrons. The number of Topliss-reactive ketones (excluding diaryl/α,β-unsaturated/α-hetero) is 1. The lowest BCUT2D eigenvalue weighted by molar-refractivity contribution is 0.0928. The van der Waals surface area contributed by atoms with Gasteiger partial charge in [0.15, 0.2) is 5.78 Å². The molecule has 2 aromatic rings. The van der Waals surface area contributed by atoms with Gasteiger partial charge in [0.1, 0.15) is 0 Å². The summed E-state index contributed by atoms with van der Waals surface area (Å²) in [5.74, 6) is 0.187. The van der Waals surface area contributed by atoms with Crippen molar-refractivity contribution in [2.45, 2.75) is 13.5 Å². The average molecular weight is 253 g/mol. The fraction of sp³-hybridized carbons (Fsp3) is 0.235. The van der Waals surface area contributed by atoms with Gasteiger partial charge in [0, 0.05) is 24.6 Å². The van der Waals surface area contributed by atoms with Crippen molar-refractivity contribution in [1.29, 1.82) is 0 Å². The smallest absolute Gasteiger partial charge is 0.166 e. The maximum atomic E-state index is 12.1. The zero-order valence-electron chi connectivity index (χ0n) is 11.2. The lowest BCUT2D eigenvalue weighted by Gasteiger charge is -2.11. The van der Waals surface area contributed by atoms with E-state index in [9.17, 15) is 4.79 Å². The van der Waals surface area contributed by atoms with Crippen LogP contribution in [0.3, 0.4) is 0 Å². The van der Waals surface area contributed by atoms with Crippen LogP contribution in [0.5, 0.6) is 0 Å². The first kappa shape index (κ1) is 13.5. The van der Waals surface area contributed by atoms with Gasteiger partial charge in [0.05, 0.1) is 0 Å². The maximum Gasteiger partial charge on any atom is 0.166 e. The molecule has 0 aromatic heterocycles. The number of benzene rings is 2. The standard InChI is InChI=1S/C17H19NO/c1-14(17(19)16-10-6-3-7-11-16)12-18-13-15-8-4-2-5-9-15/h2-11,14,18H,12-13H2,1H3. The first-order chi connectivity index (χ1) is 9.27. The molecule has 1 atom stereocenters. The van der Waals surface area contributed by atoms with Crippen molar-refractivity contribution in [3.63, 3.8) is 0 Å². The molecule has 19 heavy (non-hydrogen) atoms. The number of nitrogens with one attached hydrogen (secondary N) is 1. The van der Waals surface area contributed by atoms with Crippen LogP contribution >= 0.6 is 0 Å². The van der Waals surface area contributed by atoms with Gasteiger partial charge in [0.2, 0.25) is 0 Å². The van der Waals surface area contributed by atoms with Crippen molar-refractivity contribution in [1.82, 2.24) is 5.32 Å². The molecule has 0 aliphatic heterocycles. The molecule has 0 heterocycles. The zero-order valence-corrected chi connectivity index (χ0v) is 11.2. The van der Waals surface area contributed by atoms with Crippen molar-refractivity contribution in [3.8, 4) is 0 Å². The highest BCUT2D eigenvalue weighted by atomic mass is 16.1. The summed E-state index contributed by atoms with van der Waals surface area (Å²) in [6.07, 6.45) is 0. The van der Waals surface area contributed by atoms with E-state index >= 15 is 0 Å². The van der Waals surface area contributed by atoms with Crippen LogP contribution in [0.4, 0.5) is 0 Å². The van der Waals surface area contributed by atoms with Crippen LogP contribution < -0.4 is 5.32 Å². The van der Waals surface area contributed by atoms with E-state index < -0.39 is 0 Å². The molecule has 0 saturated heterocycles. The highest BCUT2D eigenvalue weighted by molar-refractivity contribution is 5.97. The van der Waals surface area contributed by atoms with E-state index in [-0.39, 0.29) is 11.7 Å². The summed E-state index contributed by atoms with van der Waals surface area (Å²) in [5.41, 5.74) is 2.03. The molecule has 98 valence electrons. The third-order valence-electron chi connectivity index (χ3n) is 3.13. The first-order valence-electron chi connectivity index (χ1n) is 6.61. The Morgan fingerprint density at radius 2 is 1.58 bits per heavy atom. The minimum Gasteiger partial charge on any atom is -0.312 e. The summed E-state index contributed by atoms with van der Waals surface area (Å²) in [6.45, 7) is 3.46. The predicted molar refractivity (Wildman–Crippen MR) is 78.1 cm³/mol. The first-order valence-corrected chi connectivity index (χ1v) is 6.61. The van der Waals surface area contributed by atoms with Gasteiger partial charge in [-0.05, 0) is 5.56 Å². The molecule has 2 rings (SSSR count). The zero-order chi connectivity index (χ0) is 13.5. The second kappa shape index (κ2) is 6.86. The Hall–Kier alpha value is -1.93. The Morgan fingerprint density at radius 1 is 1.00 bits per heavy atom.